The number of hydrogen-bond acceptors (Lipinski definition) is 4. The van der Waals surface area contributed by atoms with Gasteiger partial charge in [0.05, 0.1) is 22.2 Å². The minimum atomic E-state index is -4.57. The van der Waals surface area contributed by atoms with E-state index in [-0.39, 0.29) is 36.8 Å². The molecule has 1 fully saturated rings. The summed E-state index contributed by atoms with van der Waals surface area (Å²) in [6.07, 6.45) is -4.57. The standard InChI is InChI=1S/C20H20F5N3O3S/c1-13(19(29)26-18-12-15(21)4-7-17(18)22)27-8-10-28(11-9-27)32(30,31)16-5-2-14(3-6-16)20(23,24)25/h2-7,12-13H,8-11H2,1H3,(H,26,29). The Morgan fingerprint density at radius 3 is 2.16 bits per heavy atom. The molecule has 3 rings (SSSR count). The van der Waals surface area contributed by atoms with E-state index in [9.17, 15) is 35.2 Å². The molecule has 0 aliphatic carbocycles. The summed E-state index contributed by atoms with van der Waals surface area (Å²) in [5, 5.41) is 2.31. The first-order valence-electron chi connectivity index (χ1n) is 9.57. The Morgan fingerprint density at radius 2 is 1.59 bits per heavy atom. The zero-order chi connectivity index (χ0) is 23.7. The number of piperazine rings is 1. The van der Waals surface area contributed by atoms with Gasteiger partial charge in [0.2, 0.25) is 15.9 Å². The molecule has 1 aliphatic heterocycles. The van der Waals surface area contributed by atoms with Gasteiger partial charge >= 0.3 is 6.18 Å². The van der Waals surface area contributed by atoms with E-state index in [1.165, 1.54) is 0 Å². The van der Waals surface area contributed by atoms with Crippen molar-refractivity contribution in [3.05, 3.63) is 59.7 Å². The lowest BCUT2D eigenvalue weighted by molar-refractivity contribution is -0.137. The minimum Gasteiger partial charge on any atom is -0.322 e. The first kappa shape index (κ1) is 24.1. The minimum absolute atomic E-state index is 0.00923. The first-order valence-corrected chi connectivity index (χ1v) is 11.0. The average Bonchev–Trinajstić information content (AvgIpc) is 2.75. The molecule has 0 saturated carbocycles. The van der Waals surface area contributed by atoms with E-state index in [0.29, 0.717) is 12.1 Å². The molecule has 12 heteroatoms. The normalized spacial score (nSPS) is 17.2. The molecular weight excluding hydrogens is 457 g/mol. The number of carbonyl (C=O) groups excluding carboxylic acids is 1. The molecule has 0 aromatic heterocycles. The summed E-state index contributed by atoms with van der Waals surface area (Å²) in [5.74, 6) is -2.09. The van der Waals surface area contributed by atoms with Crippen LogP contribution < -0.4 is 5.32 Å². The molecule has 174 valence electrons. The second-order valence-electron chi connectivity index (χ2n) is 7.25. The molecule has 1 aliphatic rings. The van der Waals surface area contributed by atoms with E-state index in [0.717, 1.165) is 34.6 Å². The predicted octanol–water partition coefficient (Wildman–Crippen LogP) is 3.32. The van der Waals surface area contributed by atoms with Crippen LogP contribution in [-0.2, 0) is 21.0 Å². The van der Waals surface area contributed by atoms with Crippen molar-refractivity contribution in [2.45, 2.75) is 24.0 Å². The molecule has 0 bridgehead atoms. The van der Waals surface area contributed by atoms with Gasteiger partial charge in [0.15, 0.2) is 0 Å². The number of amides is 1. The number of nitrogens with zero attached hydrogens (tertiary/aromatic N) is 2. The number of rotatable bonds is 5. The van der Waals surface area contributed by atoms with E-state index in [1.54, 1.807) is 11.8 Å². The Bertz CT molecular complexity index is 1080. The number of halogens is 5. The first-order chi connectivity index (χ1) is 14.9. The van der Waals surface area contributed by atoms with Crippen LogP contribution in [0, 0.1) is 11.6 Å². The molecule has 2 aromatic rings. The van der Waals surface area contributed by atoms with E-state index in [1.807, 2.05) is 0 Å². The molecule has 6 nitrogen and oxygen atoms in total. The molecule has 1 saturated heterocycles. The van der Waals surface area contributed by atoms with Gasteiger partial charge in [-0.3, -0.25) is 9.69 Å². The quantitative estimate of drug-likeness (QED) is 0.671. The third-order valence-electron chi connectivity index (χ3n) is 5.21. The third-order valence-corrected chi connectivity index (χ3v) is 7.12. The number of alkyl halides is 3. The maximum atomic E-state index is 13.7. The molecule has 0 radical (unpaired) electrons. The van der Waals surface area contributed by atoms with Gasteiger partial charge in [-0.1, -0.05) is 0 Å². The fraction of sp³-hybridized carbons (Fsp3) is 0.350. The summed E-state index contributed by atoms with van der Waals surface area (Å²) in [6, 6.07) is 5.15. The highest BCUT2D eigenvalue weighted by Crippen LogP contribution is 2.30. The summed E-state index contributed by atoms with van der Waals surface area (Å²) in [6.45, 7) is 1.90. The van der Waals surface area contributed by atoms with Gasteiger partial charge in [-0.05, 0) is 43.3 Å². The van der Waals surface area contributed by atoms with Crippen LogP contribution in [0.1, 0.15) is 12.5 Å². The van der Waals surface area contributed by atoms with Crippen LogP contribution in [0.2, 0.25) is 0 Å². The van der Waals surface area contributed by atoms with Crippen LogP contribution in [0.4, 0.5) is 27.6 Å². The Hall–Kier alpha value is -2.57. The molecule has 1 unspecified atom stereocenters. The predicted molar refractivity (Wildman–Crippen MR) is 106 cm³/mol. The van der Waals surface area contributed by atoms with Crippen molar-refractivity contribution in [1.82, 2.24) is 9.21 Å². The summed E-state index contributed by atoms with van der Waals surface area (Å²) in [5.41, 5.74) is -1.25. The van der Waals surface area contributed by atoms with Crippen LogP contribution in [-0.4, -0.2) is 55.8 Å². The van der Waals surface area contributed by atoms with Crippen molar-refractivity contribution in [2.75, 3.05) is 31.5 Å². The summed E-state index contributed by atoms with van der Waals surface area (Å²) >= 11 is 0. The number of nitrogens with one attached hydrogen (secondary N) is 1. The van der Waals surface area contributed by atoms with E-state index in [4.69, 9.17) is 0 Å². The molecule has 1 atom stereocenters. The van der Waals surface area contributed by atoms with Gasteiger partial charge in [0.1, 0.15) is 11.6 Å². The monoisotopic (exact) mass is 477 g/mol. The zero-order valence-electron chi connectivity index (χ0n) is 16.9. The van der Waals surface area contributed by atoms with Crippen molar-refractivity contribution < 1.29 is 35.2 Å². The summed E-state index contributed by atoms with van der Waals surface area (Å²) in [7, 11) is -4.01. The van der Waals surface area contributed by atoms with Crippen molar-refractivity contribution in [3.63, 3.8) is 0 Å². The van der Waals surface area contributed by atoms with E-state index in [2.05, 4.69) is 5.32 Å². The Morgan fingerprint density at radius 1 is 1.00 bits per heavy atom. The number of carbonyl (C=O) groups is 1. The summed E-state index contributed by atoms with van der Waals surface area (Å²) in [4.78, 5) is 13.8. The highest BCUT2D eigenvalue weighted by atomic mass is 32.2. The lowest BCUT2D eigenvalue weighted by atomic mass is 10.2. The number of sulfonamides is 1. The third kappa shape index (κ3) is 5.25. The van der Waals surface area contributed by atoms with Crippen molar-refractivity contribution >= 4 is 21.6 Å². The van der Waals surface area contributed by atoms with Crippen LogP contribution in [0.3, 0.4) is 0 Å². The SMILES string of the molecule is CC(C(=O)Nc1cc(F)ccc1F)N1CCN(S(=O)(=O)c2ccc(C(F)(F)F)cc2)CC1. The van der Waals surface area contributed by atoms with Crippen molar-refractivity contribution in [2.24, 2.45) is 0 Å². The molecule has 1 heterocycles. The van der Waals surface area contributed by atoms with Crippen LogP contribution >= 0.6 is 0 Å². The Balaban J connectivity index is 1.62. The van der Waals surface area contributed by atoms with E-state index >= 15 is 0 Å². The molecule has 1 amide bonds. The highest BCUT2D eigenvalue weighted by molar-refractivity contribution is 7.89. The lowest BCUT2D eigenvalue weighted by Gasteiger charge is -2.36. The molecule has 32 heavy (non-hydrogen) atoms. The van der Waals surface area contributed by atoms with Gasteiger partial charge in [-0.15, -0.1) is 0 Å². The second-order valence-corrected chi connectivity index (χ2v) is 9.19. The molecule has 0 spiro atoms. The van der Waals surface area contributed by atoms with Gasteiger partial charge in [-0.2, -0.15) is 17.5 Å². The average molecular weight is 477 g/mol. The van der Waals surface area contributed by atoms with E-state index < -0.39 is 45.3 Å². The second kappa shape index (κ2) is 9.12. The number of benzene rings is 2. The number of hydrogen-bond donors (Lipinski definition) is 1. The maximum Gasteiger partial charge on any atom is 0.416 e. The fourth-order valence-corrected chi connectivity index (χ4v) is 4.71. The van der Waals surface area contributed by atoms with Crippen molar-refractivity contribution in [3.8, 4) is 0 Å². The number of anilines is 1. The van der Waals surface area contributed by atoms with Gasteiger partial charge in [-0.25, -0.2) is 17.2 Å². The summed E-state index contributed by atoms with van der Waals surface area (Å²) < 4.78 is 91.7. The fourth-order valence-electron chi connectivity index (χ4n) is 3.29. The van der Waals surface area contributed by atoms with Crippen LogP contribution in [0.15, 0.2) is 47.4 Å². The molecule has 1 N–H and O–H groups in total. The van der Waals surface area contributed by atoms with Gasteiger partial charge in [0, 0.05) is 32.2 Å². The topological polar surface area (TPSA) is 69.7 Å². The molecular formula is C20H20F5N3O3S. The zero-order valence-corrected chi connectivity index (χ0v) is 17.7. The molecule has 2 aromatic carbocycles. The largest absolute Gasteiger partial charge is 0.416 e. The highest BCUT2D eigenvalue weighted by Gasteiger charge is 2.34. The smallest absolute Gasteiger partial charge is 0.322 e. The Labute approximate surface area is 181 Å². The van der Waals surface area contributed by atoms with Crippen molar-refractivity contribution in [1.29, 1.82) is 0 Å². The van der Waals surface area contributed by atoms with Crippen LogP contribution in [0.25, 0.3) is 0 Å². The Kier molecular flexibility index (Phi) is 6.86. The maximum absolute atomic E-state index is 13.7. The van der Waals surface area contributed by atoms with Gasteiger partial charge < -0.3 is 5.32 Å². The van der Waals surface area contributed by atoms with Crippen LogP contribution in [0.5, 0.6) is 0 Å². The van der Waals surface area contributed by atoms with Gasteiger partial charge in [0.25, 0.3) is 0 Å². The lowest BCUT2D eigenvalue weighted by Crippen LogP contribution is -2.53.